The summed E-state index contributed by atoms with van der Waals surface area (Å²) in [7, 11) is 0. The van der Waals surface area contributed by atoms with Gasteiger partial charge in [-0.25, -0.2) is 4.68 Å². The molecule has 0 saturated heterocycles. The first-order valence-electron chi connectivity index (χ1n) is 6.33. The number of ketones is 1. The van der Waals surface area contributed by atoms with Gasteiger partial charge in [-0.1, -0.05) is 11.8 Å². The molecule has 0 radical (unpaired) electrons. The number of benzene rings is 1. The quantitative estimate of drug-likeness (QED) is 0.347. The summed E-state index contributed by atoms with van der Waals surface area (Å²) in [6.07, 6.45) is 2.13. The molecule has 3 rings (SSSR count). The standard InChI is InChI=1S/C12H11N5O3S/c18-11(8-1-3-10(4-2-8)17(19)20)7-21-12-13-14-15-16(12)9-5-6-9/h1-4,9H,5-7H2. The van der Waals surface area contributed by atoms with Gasteiger partial charge in [0, 0.05) is 17.7 Å². The highest BCUT2D eigenvalue weighted by Crippen LogP contribution is 2.36. The van der Waals surface area contributed by atoms with Crippen LogP contribution in [0.2, 0.25) is 0 Å². The number of carbonyl (C=O) groups is 1. The van der Waals surface area contributed by atoms with E-state index in [-0.39, 0.29) is 17.2 Å². The number of rotatable bonds is 6. The summed E-state index contributed by atoms with van der Waals surface area (Å²) in [5.74, 6) is 0.0884. The van der Waals surface area contributed by atoms with Crippen LogP contribution in [-0.4, -0.2) is 36.7 Å². The Balaban J connectivity index is 1.63. The molecular formula is C12H11N5O3S. The second-order valence-electron chi connectivity index (χ2n) is 4.65. The summed E-state index contributed by atoms with van der Waals surface area (Å²) in [4.78, 5) is 22.1. The molecule has 1 saturated carbocycles. The van der Waals surface area contributed by atoms with Crippen molar-refractivity contribution in [2.75, 3.05) is 5.75 Å². The van der Waals surface area contributed by atoms with Gasteiger partial charge in [0.05, 0.1) is 16.7 Å². The number of hydrogen-bond acceptors (Lipinski definition) is 7. The van der Waals surface area contributed by atoms with Gasteiger partial charge in [-0.05, 0) is 35.4 Å². The van der Waals surface area contributed by atoms with Crippen LogP contribution in [0.25, 0.3) is 0 Å². The van der Waals surface area contributed by atoms with E-state index in [2.05, 4.69) is 15.5 Å². The first kappa shape index (κ1) is 13.7. The van der Waals surface area contributed by atoms with Crippen molar-refractivity contribution in [2.45, 2.75) is 24.0 Å². The fourth-order valence-corrected chi connectivity index (χ4v) is 2.65. The van der Waals surface area contributed by atoms with Crippen LogP contribution in [0.3, 0.4) is 0 Å². The van der Waals surface area contributed by atoms with Gasteiger partial charge >= 0.3 is 0 Å². The van der Waals surface area contributed by atoms with Crippen LogP contribution in [0, 0.1) is 10.1 Å². The Morgan fingerprint density at radius 2 is 2.10 bits per heavy atom. The maximum Gasteiger partial charge on any atom is 0.269 e. The SMILES string of the molecule is O=C(CSc1nnnn1C1CC1)c1ccc([N+](=O)[O-])cc1. The molecule has 1 fully saturated rings. The topological polar surface area (TPSA) is 104 Å². The number of thioether (sulfide) groups is 1. The van der Waals surface area contributed by atoms with E-state index in [0.29, 0.717) is 16.8 Å². The first-order valence-corrected chi connectivity index (χ1v) is 7.32. The zero-order valence-electron chi connectivity index (χ0n) is 10.9. The van der Waals surface area contributed by atoms with Gasteiger partial charge in [0.2, 0.25) is 5.16 Å². The lowest BCUT2D eigenvalue weighted by molar-refractivity contribution is -0.384. The third kappa shape index (κ3) is 3.07. The monoisotopic (exact) mass is 305 g/mol. The molecule has 1 aliphatic carbocycles. The molecule has 0 bridgehead atoms. The molecule has 0 atom stereocenters. The third-order valence-corrected chi connectivity index (χ3v) is 4.02. The normalized spacial score (nSPS) is 14.1. The number of nitro groups is 1. The number of aromatic nitrogens is 4. The van der Waals surface area contributed by atoms with Gasteiger partial charge in [-0.15, -0.1) is 5.10 Å². The molecular weight excluding hydrogens is 294 g/mol. The van der Waals surface area contributed by atoms with E-state index in [1.54, 1.807) is 4.68 Å². The largest absolute Gasteiger partial charge is 0.293 e. The summed E-state index contributed by atoms with van der Waals surface area (Å²) in [5.41, 5.74) is 0.412. The van der Waals surface area contributed by atoms with Crippen molar-refractivity contribution in [3.05, 3.63) is 39.9 Å². The molecule has 0 unspecified atom stereocenters. The Morgan fingerprint density at radius 1 is 1.38 bits per heavy atom. The number of nitro benzene ring substituents is 1. The van der Waals surface area contributed by atoms with E-state index >= 15 is 0 Å². The Bertz CT molecular complexity index is 680. The average Bonchev–Trinajstić information content (AvgIpc) is 3.23. The lowest BCUT2D eigenvalue weighted by Crippen LogP contribution is -2.05. The molecule has 2 aromatic rings. The highest BCUT2D eigenvalue weighted by molar-refractivity contribution is 7.99. The second kappa shape index (κ2) is 5.60. The molecule has 0 spiro atoms. The van der Waals surface area contributed by atoms with Crippen LogP contribution in [0.15, 0.2) is 29.4 Å². The lowest BCUT2D eigenvalue weighted by Gasteiger charge is -2.02. The number of tetrazole rings is 1. The van der Waals surface area contributed by atoms with Gasteiger partial charge in [0.25, 0.3) is 5.69 Å². The summed E-state index contributed by atoms with van der Waals surface area (Å²) in [6, 6.07) is 5.94. The Labute approximate surface area is 123 Å². The number of hydrogen-bond donors (Lipinski definition) is 0. The third-order valence-electron chi connectivity index (χ3n) is 3.09. The molecule has 9 heteroatoms. The molecule has 1 aromatic heterocycles. The van der Waals surface area contributed by atoms with E-state index in [9.17, 15) is 14.9 Å². The average molecular weight is 305 g/mol. The van der Waals surface area contributed by atoms with Crippen molar-refractivity contribution < 1.29 is 9.72 Å². The summed E-state index contributed by atoms with van der Waals surface area (Å²) < 4.78 is 1.74. The van der Waals surface area contributed by atoms with Crippen LogP contribution in [0.5, 0.6) is 0 Å². The van der Waals surface area contributed by atoms with Crippen LogP contribution in [0.4, 0.5) is 5.69 Å². The second-order valence-corrected chi connectivity index (χ2v) is 5.60. The van der Waals surface area contributed by atoms with Crippen molar-refractivity contribution >= 4 is 23.2 Å². The van der Waals surface area contributed by atoms with Crippen LogP contribution in [-0.2, 0) is 0 Å². The number of Topliss-reactive ketones (excluding diaryl/α,β-unsaturated/α-hetero) is 1. The van der Waals surface area contributed by atoms with Crippen molar-refractivity contribution in [3.63, 3.8) is 0 Å². The number of nitrogens with zero attached hydrogens (tertiary/aromatic N) is 5. The van der Waals surface area contributed by atoms with Gasteiger partial charge in [-0.2, -0.15) is 0 Å². The number of non-ortho nitro benzene ring substituents is 1. The molecule has 108 valence electrons. The van der Waals surface area contributed by atoms with Gasteiger partial charge in [0.1, 0.15) is 0 Å². The van der Waals surface area contributed by atoms with Crippen LogP contribution < -0.4 is 0 Å². The lowest BCUT2D eigenvalue weighted by atomic mass is 10.1. The predicted molar refractivity (Wildman–Crippen MR) is 74.2 cm³/mol. The molecule has 0 amide bonds. The van der Waals surface area contributed by atoms with E-state index in [1.807, 2.05) is 0 Å². The molecule has 0 N–H and O–H groups in total. The van der Waals surface area contributed by atoms with Crippen molar-refractivity contribution in [1.82, 2.24) is 20.2 Å². The highest BCUT2D eigenvalue weighted by atomic mass is 32.2. The molecule has 1 aromatic carbocycles. The summed E-state index contributed by atoms with van der Waals surface area (Å²) in [5, 5.41) is 22.6. The minimum atomic E-state index is -0.493. The van der Waals surface area contributed by atoms with Crippen LogP contribution in [0.1, 0.15) is 29.2 Å². The molecule has 1 heterocycles. The van der Waals surface area contributed by atoms with E-state index in [0.717, 1.165) is 12.8 Å². The van der Waals surface area contributed by atoms with Gasteiger partial charge in [-0.3, -0.25) is 14.9 Å². The summed E-state index contributed by atoms with van der Waals surface area (Å²) >= 11 is 1.28. The fraction of sp³-hybridized carbons (Fsp3) is 0.333. The van der Waals surface area contributed by atoms with E-state index in [1.165, 1.54) is 36.0 Å². The zero-order valence-corrected chi connectivity index (χ0v) is 11.7. The maximum atomic E-state index is 12.0. The van der Waals surface area contributed by atoms with Crippen molar-refractivity contribution in [2.24, 2.45) is 0 Å². The van der Waals surface area contributed by atoms with Crippen LogP contribution >= 0.6 is 11.8 Å². The molecule has 8 nitrogen and oxygen atoms in total. The minimum Gasteiger partial charge on any atom is -0.293 e. The summed E-state index contributed by atoms with van der Waals surface area (Å²) in [6.45, 7) is 0. The van der Waals surface area contributed by atoms with Crippen molar-refractivity contribution in [3.8, 4) is 0 Å². The smallest absolute Gasteiger partial charge is 0.269 e. The fourth-order valence-electron chi connectivity index (χ4n) is 1.81. The minimum absolute atomic E-state index is 0.0307. The van der Waals surface area contributed by atoms with Crippen molar-refractivity contribution in [1.29, 1.82) is 0 Å². The number of carbonyl (C=O) groups excluding carboxylic acids is 1. The Morgan fingerprint density at radius 3 is 2.71 bits per heavy atom. The van der Waals surface area contributed by atoms with Gasteiger partial charge in [0.15, 0.2) is 5.78 Å². The molecule has 0 aliphatic heterocycles. The molecule has 21 heavy (non-hydrogen) atoms. The Hall–Kier alpha value is -2.29. The van der Waals surface area contributed by atoms with Gasteiger partial charge < -0.3 is 0 Å². The predicted octanol–water partition coefficient (Wildman–Crippen LogP) is 1.89. The molecule has 1 aliphatic rings. The van der Waals surface area contributed by atoms with E-state index in [4.69, 9.17) is 0 Å². The first-order chi connectivity index (χ1) is 10.1. The Kier molecular flexibility index (Phi) is 3.65. The van der Waals surface area contributed by atoms with E-state index < -0.39 is 4.92 Å². The zero-order chi connectivity index (χ0) is 14.8. The highest BCUT2D eigenvalue weighted by Gasteiger charge is 2.28. The maximum absolute atomic E-state index is 12.0.